The molecule has 17 heavy (non-hydrogen) atoms. The van der Waals surface area contributed by atoms with E-state index in [1.165, 1.54) is 45.6 Å². The minimum absolute atomic E-state index is 0.0763. The molecular weight excluding hydrogens is 212 g/mol. The lowest BCUT2D eigenvalue weighted by Gasteiger charge is -2.16. The zero-order valence-corrected chi connectivity index (χ0v) is 12.1. The summed E-state index contributed by atoms with van der Waals surface area (Å²) in [7, 11) is 1.46. The summed E-state index contributed by atoms with van der Waals surface area (Å²) >= 11 is 0. The zero-order valence-electron chi connectivity index (χ0n) is 12.1. The van der Waals surface area contributed by atoms with Crippen molar-refractivity contribution in [2.24, 2.45) is 11.8 Å². The lowest BCUT2D eigenvalue weighted by molar-refractivity contribution is -0.141. The highest BCUT2D eigenvalue weighted by molar-refractivity contribution is 5.69. The fourth-order valence-corrected chi connectivity index (χ4v) is 2.35. The summed E-state index contributed by atoms with van der Waals surface area (Å²) in [6.45, 7) is 6.69. The van der Waals surface area contributed by atoms with Crippen molar-refractivity contribution >= 4 is 5.97 Å². The average molecular weight is 242 g/mol. The Morgan fingerprint density at radius 1 is 1.06 bits per heavy atom. The van der Waals surface area contributed by atoms with Gasteiger partial charge in [0.2, 0.25) is 0 Å². The number of carbonyl (C=O) groups is 1. The summed E-state index contributed by atoms with van der Waals surface area (Å²) in [5.74, 6) is 1.11. The third kappa shape index (κ3) is 10.3. The highest BCUT2D eigenvalue weighted by Gasteiger charge is 2.12. The first kappa shape index (κ1) is 16.5. The molecule has 0 saturated heterocycles. The van der Waals surface area contributed by atoms with E-state index < -0.39 is 0 Å². The second-order valence-electron chi connectivity index (χ2n) is 5.43. The lowest BCUT2D eigenvalue weighted by atomic mass is 9.91. The van der Waals surface area contributed by atoms with E-state index in [4.69, 9.17) is 0 Å². The van der Waals surface area contributed by atoms with Crippen molar-refractivity contribution in [1.82, 2.24) is 0 Å². The zero-order chi connectivity index (χ0) is 13.1. The van der Waals surface area contributed by atoms with Crippen LogP contribution in [-0.4, -0.2) is 13.1 Å². The minimum atomic E-state index is -0.0763. The van der Waals surface area contributed by atoms with Gasteiger partial charge in [-0.25, -0.2) is 0 Å². The van der Waals surface area contributed by atoms with E-state index >= 15 is 0 Å². The molecule has 0 saturated carbocycles. The molecule has 0 aromatic rings. The number of rotatable bonds is 10. The molecule has 0 aliphatic carbocycles. The summed E-state index contributed by atoms with van der Waals surface area (Å²) < 4.78 is 4.69. The molecule has 0 radical (unpaired) electrons. The van der Waals surface area contributed by atoms with E-state index in [0.29, 0.717) is 12.3 Å². The molecular formula is C15H30O2. The molecule has 2 atom stereocenters. The molecule has 102 valence electrons. The molecule has 0 rings (SSSR count). The SMILES string of the molecule is CCCCCCC[C@H](C)C[C@H](C)CC(=O)OC. The summed E-state index contributed by atoms with van der Waals surface area (Å²) in [6.07, 6.45) is 9.77. The van der Waals surface area contributed by atoms with Gasteiger partial charge in [0.1, 0.15) is 0 Å². The first-order valence-electron chi connectivity index (χ1n) is 7.16. The van der Waals surface area contributed by atoms with Gasteiger partial charge >= 0.3 is 5.97 Å². The van der Waals surface area contributed by atoms with Crippen LogP contribution in [0.25, 0.3) is 0 Å². The van der Waals surface area contributed by atoms with E-state index in [0.717, 1.165) is 12.3 Å². The van der Waals surface area contributed by atoms with Crippen LogP contribution in [0.15, 0.2) is 0 Å². The van der Waals surface area contributed by atoms with Crippen LogP contribution in [0, 0.1) is 11.8 Å². The molecule has 0 bridgehead atoms. The van der Waals surface area contributed by atoms with Crippen LogP contribution in [0.3, 0.4) is 0 Å². The molecule has 0 aliphatic heterocycles. The Kier molecular flexibility index (Phi) is 10.3. The van der Waals surface area contributed by atoms with Crippen LogP contribution < -0.4 is 0 Å². The number of hydrogen-bond donors (Lipinski definition) is 0. The Labute approximate surface area is 107 Å². The van der Waals surface area contributed by atoms with Gasteiger partial charge in [0.25, 0.3) is 0 Å². The van der Waals surface area contributed by atoms with Crippen molar-refractivity contribution in [2.75, 3.05) is 7.11 Å². The fraction of sp³-hybridized carbons (Fsp3) is 0.933. The quantitative estimate of drug-likeness (QED) is 0.414. The normalized spacial score (nSPS) is 14.4. The van der Waals surface area contributed by atoms with Gasteiger partial charge in [-0.2, -0.15) is 0 Å². The molecule has 0 amide bonds. The summed E-state index contributed by atoms with van der Waals surface area (Å²) in [5, 5.41) is 0. The smallest absolute Gasteiger partial charge is 0.305 e. The number of carbonyl (C=O) groups excluding carboxylic acids is 1. The van der Waals surface area contributed by atoms with Gasteiger partial charge in [-0.1, -0.05) is 59.3 Å². The second-order valence-corrected chi connectivity index (χ2v) is 5.43. The van der Waals surface area contributed by atoms with E-state index in [2.05, 4.69) is 25.5 Å². The maximum absolute atomic E-state index is 11.1. The Bertz CT molecular complexity index is 189. The monoisotopic (exact) mass is 242 g/mol. The average Bonchev–Trinajstić information content (AvgIpc) is 2.28. The molecule has 0 aliphatic rings. The number of ether oxygens (including phenoxy) is 1. The highest BCUT2D eigenvalue weighted by atomic mass is 16.5. The second kappa shape index (κ2) is 10.6. The van der Waals surface area contributed by atoms with Crippen LogP contribution in [0.1, 0.15) is 72.1 Å². The summed E-state index contributed by atoms with van der Waals surface area (Å²) in [4.78, 5) is 11.1. The maximum atomic E-state index is 11.1. The van der Waals surface area contributed by atoms with Gasteiger partial charge in [-0.15, -0.1) is 0 Å². The molecule has 0 fully saturated rings. The van der Waals surface area contributed by atoms with Crippen LogP contribution in [-0.2, 0) is 9.53 Å². The van der Waals surface area contributed by atoms with Crippen molar-refractivity contribution in [3.63, 3.8) is 0 Å². The predicted molar refractivity (Wildman–Crippen MR) is 73.0 cm³/mol. The number of hydrogen-bond acceptors (Lipinski definition) is 2. The van der Waals surface area contributed by atoms with Crippen molar-refractivity contribution in [1.29, 1.82) is 0 Å². The summed E-state index contributed by atoms with van der Waals surface area (Å²) in [5.41, 5.74) is 0. The van der Waals surface area contributed by atoms with E-state index in [-0.39, 0.29) is 5.97 Å². The Morgan fingerprint density at radius 3 is 2.29 bits per heavy atom. The van der Waals surface area contributed by atoms with Crippen LogP contribution in [0.2, 0.25) is 0 Å². The Morgan fingerprint density at radius 2 is 1.71 bits per heavy atom. The Balaban J connectivity index is 3.50. The van der Waals surface area contributed by atoms with Crippen LogP contribution in [0.4, 0.5) is 0 Å². The topological polar surface area (TPSA) is 26.3 Å². The van der Waals surface area contributed by atoms with Crippen LogP contribution >= 0.6 is 0 Å². The Hall–Kier alpha value is -0.530. The van der Waals surface area contributed by atoms with Gasteiger partial charge in [-0.3, -0.25) is 4.79 Å². The molecule has 0 aromatic carbocycles. The molecule has 0 spiro atoms. The lowest BCUT2D eigenvalue weighted by Crippen LogP contribution is -2.10. The highest BCUT2D eigenvalue weighted by Crippen LogP contribution is 2.21. The number of unbranched alkanes of at least 4 members (excludes halogenated alkanes) is 4. The number of methoxy groups -OCH3 is 1. The van der Waals surface area contributed by atoms with Crippen molar-refractivity contribution in [2.45, 2.75) is 72.1 Å². The molecule has 0 aromatic heterocycles. The summed E-state index contributed by atoms with van der Waals surface area (Å²) in [6, 6.07) is 0. The molecule has 0 unspecified atom stereocenters. The van der Waals surface area contributed by atoms with E-state index in [9.17, 15) is 4.79 Å². The molecule has 0 heterocycles. The first-order chi connectivity index (χ1) is 8.10. The molecule has 2 heteroatoms. The third-order valence-corrected chi connectivity index (χ3v) is 3.35. The standard InChI is InChI=1S/C15H30O2/c1-5-6-7-8-9-10-13(2)11-14(3)12-15(16)17-4/h13-14H,5-12H2,1-4H3/t13-,14-/m0/s1. The molecule has 2 nitrogen and oxygen atoms in total. The van der Waals surface area contributed by atoms with Gasteiger partial charge < -0.3 is 4.74 Å². The van der Waals surface area contributed by atoms with Crippen molar-refractivity contribution in [3.8, 4) is 0 Å². The van der Waals surface area contributed by atoms with E-state index in [1.807, 2.05) is 0 Å². The fourth-order valence-electron chi connectivity index (χ4n) is 2.35. The first-order valence-corrected chi connectivity index (χ1v) is 7.16. The van der Waals surface area contributed by atoms with Crippen molar-refractivity contribution in [3.05, 3.63) is 0 Å². The van der Waals surface area contributed by atoms with Gasteiger partial charge in [0.15, 0.2) is 0 Å². The van der Waals surface area contributed by atoms with Gasteiger partial charge in [-0.05, 0) is 18.3 Å². The third-order valence-electron chi connectivity index (χ3n) is 3.35. The van der Waals surface area contributed by atoms with Gasteiger partial charge in [0.05, 0.1) is 7.11 Å². The largest absolute Gasteiger partial charge is 0.469 e. The number of esters is 1. The molecule has 0 N–H and O–H groups in total. The van der Waals surface area contributed by atoms with Gasteiger partial charge in [0, 0.05) is 6.42 Å². The minimum Gasteiger partial charge on any atom is -0.469 e. The maximum Gasteiger partial charge on any atom is 0.305 e. The van der Waals surface area contributed by atoms with Crippen LogP contribution in [0.5, 0.6) is 0 Å². The predicted octanol–water partition coefficient (Wildman–Crippen LogP) is 4.57. The van der Waals surface area contributed by atoms with E-state index in [1.54, 1.807) is 0 Å². The van der Waals surface area contributed by atoms with Crippen molar-refractivity contribution < 1.29 is 9.53 Å².